The van der Waals surface area contributed by atoms with Gasteiger partial charge in [-0.3, -0.25) is 4.79 Å². The fourth-order valence-corrected chi connectivity index (χ4v) is 2.19. The number of nitrogens with one attached hydrogen (secondary N) is 1. The van der Waals surface area contributed by atoms with Crippen LogP contribution in [0.1, 0.15) is 21.9 Å². The predicted molar refractivity (Wildman–Crippen MR) is 84.1 cm³/mol. The summed E-state index contributed by atoms with van der Waals surface area (Å²) in [6.45, 7) is 1.76. The molecule has 1 amide bonds. The van der Waals surface area contributed by atoms with Gasteiger partial charge in [-0.15, -0.1) is 0 Å². The first-order valence-corrected chi connectivity index (χ1v) is 6.76. The third-order valence-corrected chi connectivity index (χ3v) is 3.27. The van der Waals surface area contributed by atoms with E-state index in [4.69, 9.17) is 4.42 Å². The van der Waals surface area contributed by atoms with Crippen molar-refractivity contribution < 1.29 is 14.3 Å². The van der Waals surface area contributed by atoms with Gasteiger partial charge in [0, 0.05) is 5.56 Å². The van der Waals surface area contributed by atoms with Gasteiger partial charge in [0.15, 0.2) is 5.76 Å². The molecule has 2 N–H and O–H groups in total. The van der Waals surface area contributed by atoms with E-state index in [1.54, 1.807) is 25.1 Å². The van der Waals surface area contributed by atoms with Crippen LogP contribution in [0.2, 0.25) is 0 Å². The van der Waals surface area contributed by atoms with Gasteiger partial charge in [-0.1, -0.05) is 30.3 Å². The highest BCUT2D eigenvalue weighted by Gasteiger charge is 2.09. The number of phenolic OH excluding ortho intramolecular Hbond substituents is 1. The number of aromatic hydroxyl groups is 1. The van der Waals surface area contributed by atoms with Gasteiger partial charge in [0.2, 0.25) is 0 Å². The lowest BCUT2D eigenvalue weighted by atomic mass is 10.0. The number of benzene rings is 2. The first-order valence-electron chi connectivity index (χ1n) is 6.76. The highest BCUT2D eigenvalue weighted by Crippen LogP contribution is 2.25. The summed E-state index contributed by atoms with van der Waals surface area (Å²) < 4.78 is 5.21. The van der Waals surface area contributed by atoms with Crippen molar-refractivity contribution in [1.82, 2.24) is 5.43 Å². The van der Waals surface area contributed by atoms with Gasteiger partial charge in [-0.05, 0) is 35.9 Å². The maximum absolute atomic E-state index is 11.8. The SMILES string of the molecule is Cc1ccc(C(=O)NN=Cc2c(O)ccc3ccccc23)o1. The molecule has 22 heavy (non-hydrogen) atoms. The normalized spacial score (nSPS) is 11.1. The number of hydrogen-bond donors (Lipinski definition) is 2. The number of hydrogen-bond acceptors (Lipinski definition) is 4. The zero-order chi connectivity index (χ0) is 15.5. The monoisotopic (exact) mass is 294 g/mol. The minimum Gasteiger partial charge on any atom is -0.507 e. The molecule has 110 valence electrons. The van der Waals surface area contributed by atoms with Gasteiger partial charge in [0.25, 0.3) is 0 Å². The number of hydrazone groups is 1. The van der Waals surface area contributed by atoms with Crippen LogP contribution in [0.5, 0.6) is 5.75 Å². The van der Waals surface area contributed by atoms with Crippen LogP contribution in [0.25, 0.3) is 10.8 Å². The van der Waals surface area contributed by atoms with Crippen LogP contribution >= 0.6 is 0 Å². The number of rotatable bonds is 3. The maximum Gasteiger partial charge on any atom is 0.307 e. The molecule has 0 atom stereocenters. The Balaban J connectivity index is 1.84. The standard InChI is InChI=1S/C17H14N2O3/c1-11-6-9-16(22-11)17(21)19-18-10-14-13-5-3-2-4-12(13)7-8-15(14)20/h2-10,20H,1H3,(H,19,21). The third-order valence-electron chi connectivity index (χ3n) is 3.27. The second-order valence-electron chi connectivity index (χ2n) is 4.83. The number of aryl methyl sites for hydroxylation is 1. The van der Waals surface area contributed by atoms with E-state index in [0.717, 1.165) is 10.8 Å². The average molecular weight is 294 g/mol. The molecule has 0 spiro atoms. The molecular formula is C17H14N2O3. The predicted octanol–water partition coefficient (Wildman–Crippen LogP) is 3.21. The molecule has 0 radical (unpaired) electrons. The Bertz CT molecular complexity index is 865. The van der Waals surface area contributed by atoms with Crippen LogP contribution in [-0.2, 0) is 0 Å². The topological polar surface area (TPSA) is 74.8 Å². The minimum atomic E-state index is -0.441. The van der Waals surface area contributed by atoms with Crippen LogP contribution in [0, 0.1) is 6.92 Å². The largest absolute Gasteiger partial charge is 0.507 e. The first-order chi connectivity index (χ1) is 10.6. The average Bonchev–Trinajstić information content (AvgIpc) is 2.96. The van der Waals surface area contributed by atoms with Crippen LogP contribution in [0.15, 0.2) is 58.0 Å². The fraction of sp³-hybridized carbons (Fsp3) is 0.0588. The van der Waals surface area contributed by atoms with Crippen molar-refractivity contribution in [2.45, 2.75) is 6.92 Å². The van der Waals surface area contributed by atoms with Crippen molar-refractivity contribution in [3.05, 3.63) is 65.6 Å². The zero-order valence-electron chi connectivity index (χ0n) is 11.9. The molecular weight excluding hydrogens is 280 g/mol. The molecule has 0 aliphatic carbocycles. The van der Waals surface area contributed by atoms with E-state index in [2.05, 4.69) is 10.5 Å². The highest BCUT2D eigenvalue weighted by atomic mass is 16.3. The number of nitrogens with zero attached hydrogens (tertiary/aromatic N) is 1. The van der Waals surface area contributed by atoms with E-state index < -0.39 is 5.91 Å². The highest BCUT2D eigenvalue weighted by molar-refractivity contribution is 6.02. The summed E-state index contributed by atoms with van der Waals surface area (Å²) in [5, 5.41) is 15.7. The van der Waals surface area contributed by atoms with Gasteiger partial charge in [0.1, 0.15) is 11.5 Å². The Kier molecular flexibility index (Phi) is 3.62. The first kappa shape index (κ1) is 13.9. The molecule has 5 nitrogen and oxygen atoms in total. The summed E-state index contributed by atoms with van der Waals surface area (Å²) in [6, 6.07) is 14.3. The van der Waals surface area contributed by atoms with Gasteiger partial charge in [0.05, 0.1) is 6.21 Å². The Morgan fingerprint density at radius 2 is 2.00 bits per heavy atom. The molecule has 3 aromatic rings. The van der Waals surface area contributed by atoms with E-state index >= 15 is 0 Å². The zero-order valence-corrected chi connectivity index (χ0v) is 11.9. The van der Waals surface area contributed by atoms with Crippen molar-refractivity contribution in [2.24, 2.45) is 5.10 Å². The van der Waals surface area contributed by atoms with Gasteiger partial charge in [-0.2, -0.15) is 5.10 Å². The lowest BCUT2D eigenvalue weighted by Crippen LogP contribution is -2.16. The van der Waals surface area contributed by atoms with Crippen molar-refractivity contribution in [3.8, 4) is 5.75 Å². The molecule has 0 saturated heterocycles. The van der Waals surface area contributed by atoms with E-state index in [1.165, 1.54) is 6.21 Å². The summed E-state index contributed by atoms with van der Waals surface area (Å²) in [7, 11) is 0. The maximum atomic E-state index is 11.8. The van der Waals surface area contributed by atoms with Crippen molar-refractivity contribution in [1.29, 1.82) is 0 Å². The van der Waals surface area contributed by atoms with E-state index in [-0.39, 0.29) is 11.5 Å². The Morgan fingerprint density at radius 3 is 2.77 bits per heavy atom. The molecule has 0 unspecified atom stereocenters. The van der Waals surface area contributed by atoms with Crippen LogP contribution in [0.4, 0.5) is 0 Å². The molecule has 1 aromatic heterocycles. The number of carbonyl (C=O) groups excluding carboxylic acids is 1. The second kappa shape index (κ2) is 5.73. The molecule has 5 heteroatoms. The Hall–Kier alpha value is -3.08. The number of phenols is 1. The molecule has 0 saturated carbocycles. The van der Waals surface area contributed by atoms with Crippen molar-refractivity contribution >= 4 is 22.9 Å². The van der Waals surface area contributed by atoms with Crippen LogP contribution in [-0.4, -0.2) is 17.2 Å². The third kappa shape index (κ3) is 2.69. The quantitative estimate of drug-likeness (QED) is 0.575. The van der Waals surface area contributed by atoms with Gasteiger partial charge in [-0.25, -0.2) is 5.43 Å². The lowest BCUT2D eigenvalue weighted by molar-refractivity contribution is 0.0926. The molecule has 0 aliphatic rings. The van der Waals surface area contributed by atoms with E-state index in [0.29, 0.717) is 11.3 Å². The molecule has 1 heterocycles. The Morgan fingerprint density at radius 1 is 1.18 bits per heavy atom. The number of amides is 1. The number of carbonyl (C=O) groups is 1. The summed E-state index contributed by atoms with van der Waals surface area (Å²) in [6.07, 6.45) is 1.42. The molecule has 3 rings (SSSR count). The number of fused-ring (bicyclic) bond motifs is 1. The van der Waals surface area contributed by atoms with Crippen molar-refractivity contribution in [3.63, 3.8) is 0 Å². The molecule has 0 aliphatic heterocycles. The van der Waals surface area contributed by atoms with Crippen LogP contribution < -0.4 is 5.43 Å². The van der Waals surface area contributed by atoms with Gasteiger partial charge < -0.3 is 9.52 Å². The van der Waals surface area contributed by atoms with Crippen molar-refractivity contribution in [2.75, 3.05) is 0 Å². The molecule has 2 aromatic carbocycles. The smallest absolute Gasteiger partial charge is 0.307 e. The molecule has 0 bridgehead atoms. The number of furan rings is 1. The summed E-state index contributed by atoms with van der Waals surface area (Å²) in [5.41, 5.74) is 2.93. The summed E-state index contributed by atoms with van der Waals surface area (Å²) >= 11 is 0. The minimum absolute atomic E-state index is 0.102. The fourth-order valence-electron chi connectivity index (χ4n) is 2.19. The van der Waals surface area contributed by atoms with Crippen LogP contribution in [0.3, 0.4) is 0 Å². The second-order valence-corrected chi connectivity index (χ2v) is 4.83. The molecule has 0 fully saturated rings. The van der Waals surface area contributed by atoms with Gasteiger partial charge >= 0.3 is 5.91 Å². The summed E-state index contributed by atoms with van der Waals surface area (Å²) in [5.74, 6) is 0.507. The Labute approximate surface area is 126 Å². The van der Waals surface area contributed by atoms with E-state index in [1.807, 2.05) is 30.3 Å². The summed E-state index contributed by atoms with van der Waals surface area (Å²) in [4.78, 5) is 11.8. The van der Waals surface area contributed by atoms with E-state index in [9.17, 15) is 9.90 Å². The lowest BCUT2D eigenvalue weighted by Gasteiger charge is -2.04.